The Bertz CT molecular complexity index is 805. The Balaban J connectivity index is 1.94. The quantitative estimate of drug-likeness (QED) is 0.239. The van der Waals surface area contributed by atoms with Crippen LogP contribution in [0.5, 0.6) is 0 Å². The lowest BCUT2D eigenvalue weighted by molar-refractivity contribution is 0.0955. The van der Waals surface area contributed by atoms with Crippen LogP contribution in [0.1, 0.15) is 15.9 Å². The summed E-state index contributed by atoms with van der Waals surface area (Å²) in [5, 5.41) is 22.3. The Hall–Kier alpha value is -2.32. The van der Waals surface area contributed by atoms with Gasteiger partial charge < -0.3 is 20.0 Å². The van der Waals surface area contributed by atoms with E-state index in [1.54, 1.807) is 30.5 Å². The molecular weight excluding hydrogens is 439 g/mol. The summed E-state index contributed by atoms with van der Waals surface area (Å²) in [5.41, 5.74) is 5.67. The van der Waals surface area contributed by atoms with Crippen LogP contribution in [0.3, 0.4) is 0 Å². The fraction of sp³-hybridized carbons (Fsp3) is 0.364. The molecule has 0 saturated heterocycles. The molecule has 2 aromatic carbocycles. The summed E-state index contributed by atoms with van der Waals surface area (Å²) in [6.45, 7) is 2.21. The van der Waals surface area contributed by atoms with Crippen LogP contribution in [0, 0.1) is 0 Å². The van der Waals surface area contributed by atoms with E-state index in [1.165, 1.54) is 0 Å². The van der Waals surface area contributed by atoms with E-state index >= 15 is 0 Å². The highest BCUT2D eigenvalue weighted by Crippen LogP contribution is 2.16. The van der Waals surface area contributed by atoms with Gasteiger partial charge in [-0.25, -0.2) is 5.43 Å². The summed E-state index contributed by atoms with van der Waals surface area (Å²) in [7, 11) is 0. The maximum Gasteiger partial charge on any atom is 0.271 e. The highest BCUT2D eigenvalue weighted by Gasteiger charge is 2.08. The molecule has 0 spiro atoms. The van der Waals surface area contributed by atoms with E-state index in [0.717, 1.165) is 16.9 Å². The lowest BCUT2D eigenvalue weighted by Crippen LogP contribution is -2.29. The van der Waals surface area contributed by atoms with Crippen molar-refractivity contribution in [3.05, 3.63) is 59.7 Å². The van der Waals surface area contributed by atoms with Crippen molar-refractivity contribution in [1.29, 1.82) is 0 Å². The fourth-order valence-electron chi connectivity index (χ4n) is 3.01. The number of anilines is 2. The molecule has 0 fully saturated rings. The molecule has 0 atom stereocenters. The number of hydrazone groups is 1. The van der Waals surface area contributed by atoms with Crippen LogP contribution in [0.15, 0.2) is 53.6 Å². The smallest absolute Gasteiger partial charge is 0.271 e. The summed E-state index contributed by atoms with van der Waals surface area (Å²) in [5.74, 6) is 0.716. The van der Waals surface area contributed by atoms with Crippen molar-refractivity contribution in [2.24, 2.45) is 5.10 Å². The SMILES string of the molecule is O=C(N/N=C/c1ccc(N(CCCl)CCCl)cc1)c1ccc(N(CCO)CCO)cc1. The van der Waals surface area contributed by atoms with Gasteiger partial charge in [-0.3, -0.25) is 4.79 Å². The first-order valence-corrected chi connectivity index (χ1v) is 11.1. The molecule has 2 rings (SSSR count). The van der Waals surface area contributed by atoms with Gasteiger partial charge in [0.05, 0.1) is 19.4 Å². The van der Waals surface area contributed by atoms with Crippen molar-refractivity contribution in [2.75, 3.05) is 61.0 Å². The molecule has 0 bridgehead atoms. The minimum atomic E-state index is -0.328. The third kappa shape index (κ3) is 8.03. The molecule has 0 aromatic heterocycles. The molecule has 2 aromatic rings. The average molecular weight is 467 g/mol. The zero-order valence-electron chi connectivity index (χ0n) is 17.3. The van der Waals surface area contributed by atoms with Gasteiger partial charge in [-0.05, 0) is 42.0 Å². The van der Waals surface area contributed by atoms with Crippen molar-refractivity contribution in [2.45, 2.75) is 0 Å². The number of hydrogen-bond donors (Lipinski definition) is 3. The van der Waals surface area contributed by atoms with Gasteiger partial charge in [0.25, 0.3) is 5.91 Å². The summed E-state index contributed by atoms with van der Waals surface area (Å²) >= 11 is 11.7. The van der Waals surface area contributed by atoms with Crippen LogP contribution in [-0.2, 0) is 0 Å². The topological polar surface area (TPSA) is 88.4 Å². The Morgan fingerprint density at radius 2 is 1.32 bits per heavy atom. The second-order valence-electron chi connectivity index (χ2n) is 6.64. The van der Waals surface area contributed by atoms with Crippen molar-refractivity contribution in [1.82, 2.24) is 5.43 Å². The minimum absolute atomic E-state index is 0.0185. The van der Waals surface area contributed by atoms with E-state index in [-0.39, 0.29) is 19.1 Å². The molecule has 0 heterocycles. The summed E-state index contributed by atoms with van der Waals surface area (Å²) < 4.78 is 0. The predicted octanol–water partition coefficient (Wildman–Crippen LogP) is 2.53. The van der Waals surface area contributed by atoms with Gasteiger partial charge in [-0.15, -0.1) is 23.2 Å². The number of nitrogens with one attached hydrogen (secondary N) is 1. The number of aliphatic hydroxyl groups is 2. The number of aliphatic hydroxyl groups excluding tert-OH is 2. The number of halogens is 2. The third-order valence-electron chi connectivity index (χ3n) is 4.58. The first-order chi connectivity index (χ1) is 15.1. The first kappa shape index (κ1) is 24.9. The molecule has 7 nitrogen and oxygen atoms in total. The summed E-state index contributed by atoms with van der Waals surface area (Å²) in [6.07, 6.45) is 1.58. The standard InChI is InChI=1S/C22H28Cl2N4O3/c23-9-11-27(12-10-24)20-5-1-18(2-6-20)17-25-26-22(31)19-3-7-21(8-4-19)28(13-15-29)14-16-30/h1-8,17,29-30H,9-16H2,(H,26,31)/b25-17+. The van der Waals surface area contributed by atoms with Crippen molar-refractivity contribution in [3.63, 3.8) is 0 Å². The maximum absolute atomic E-state index is 12.3. The second kappa shape index (κ2) is 13.9. The average Bonchev–Trinajstić information content (AvgIpc) is 2.79. The number of amides is 1. The minimum Gasteiger partial charge on any atom is -0.395 e. The number of nitrogens with zero attached hydrogens (tertiary/aromatic N) is 3. The van der Waals surface area contributed by atoms with E-state index in [9.17, 15) is 4.79 Å². The van der Waals surface area contributed by atoms with Crippen molar-refractivity contribution >= 4 is 46.7 Å². The normalized spacial score (nSPS) is 11.0. The molecular formula is C22H28Cl2N4O3. The maximum atomic E-state index is 12.3. The van der Waals surface area contributed by atoms with E-state index in [1.807, 2.05) is 29.2 Å². The predicted molar refractivity (Wildman–Crippen MR) is 128 cm³/mol. The van der Waals surface area contributed by atoms with Gasteiger partial charge in [0.1, 0.15) is 0 Å². The molecule has 0 aliphatic carbocycles. The Labute approximate surface area is 192 Å². The third-order valence-corrected chi connectivity index (χ3v) is 4.92. The van der Waals surface area contributed by atoms with Crippen LogP contribution in [0.2, 0.25) is 0 Å². The first-order valence-electron chi connectivity index (χ1n) is 10.00. The second-order valence-corrected chi connectivity index (χ2v) is 7.39. The number of rotatable bonds is 13. The molecule has 0 aliphatic heterocycles. The largest absolute Gasteiger partial charge is 0.395 e. The molecule has 3 N–H and O–H groups in total. The van der Waals surface area contributed by atoms with E-state index < -0.39 is 0 Å². The molecule has 1 amide bonds. The van der Waals surface area contributed by atoms with Gasteiger partial charge >= 0.3 is 0 Å². The van der Waals surface area contributed by atoms with E-state index in [2.05, 4.69) is 15.4 Å². The molecule has 0 saturated carbocycles. The number of carbonyl (C=O) groups excluding carboxylic acids is 1. The molecule has 168 valence electrons. The number of benzene rings is 2. The van der Waals surface area contributed by atoms with E-state index in [4.69, 9.17) is 33.4 Å². The van der Waals surface area contributed by atoms with Gasteiger partial charge in [-0.2, -0.15) is 5.10 Å². The number of carbonyl (C=O) groups is 1. The molecule has 0 unspecified atom stereocenters. The zero-order valence-corrected chi connectivity index (χ0v) is 18.8. The monoisotopic (exact) mass is 466 g/mol. The lowest BCUT2D eigenvalue weighted by atomic mass is 10.2. The summed E-state index contributed by atoms with van der Waals surface area (Å²) in [4.78, 5) is 16.2. The van der Waals surface area contributed by atoms with Crippen LogP contribution >= 0.6 is 23.2 Å². The van der Waals surface area contributed by atoms with Gasteiger partial charge in [0.15, 0.2) is 0 Å². The Kier molecular flexibility index (Phi) is 11.2. The van der Waals surface area contributed by atoms with Gasteiger partial charge in [0, 0.05) is 54.9 Å². The molecule has 31 heavy (non-hydrogen) atoms. The van der Waals surface area contributed by atoms with E-state index in [0.29, 0.717) is 43.5 Å². The molecule has 9 heteroatoms. The molecule has 0 radical (unpaired) electrons. The van der Waals surface area contributed by atoms with Crippen LogP contribution in [0.4, 0.5) is 11.4 Å². The van der Waals surface area contributed by atoms with Gasteiger partial charge in [-0.1, -0.05) is 12.1 Å². The highest BCUT2D eigenvalue weighted by atomic mass is 35.5. The van der Waals surface area contributed by atoms with Crippen LogP contribution in [-0.4, -0.2) is 73.5 Å². The van der Waals surface area contributed by atoms with Crippen LogP contribution in [0.25, 0.3) is 0 Å². The van der Waals surface area contributed by atoms with Crippen LogP contribution < -0.4 is 15.2 Å². The number of alkyl halides is 2. The van der Waals surface area contributed by atoms with Gasteiger partial charge in [0.2, 0.25) is 0 Å². The zero-order chi connectivity index (χ0) is 22.5. The van der Waals surface area contributed by atoms with Crippen molar-refractivity contribution < 1.29 is 15.0 Å². The fourth-order valence-corrected chi connectivity index (χ4v) is 3.42. The summed E-state index contributed by atoms with van der Waals surface area (Å²) in [6, 6.07) is 14.7. The lowest BCUT2D eigenvalue weighted by Gasteiger charge is -2.23. The molecule has 0 aliphatic rings. The van der Waals surface area contributed by atoms with Crippen molar-refractivity contribution in [3.8, 4) is 0 Å². The highest BCUT2D eigenvalue weighted by molar-refractivity contribution is 6.18. The Morgan fingerprint density at radius 3 is 1.81 bits per heavy atom. The Morgan fingerprint density at radius 1 is 0.839 bits per heavy atom. The number of hydrogen-bond acceptors (Lipinski definition) is 6.